The normalized spacial score (nSPS) is 14.8. The maximum absolute atomic E-state index is 11.3. The Morgan fingerprint density at radius 3 is 1.89 bits per heavy atom. The fraction of sp³-hybridized carbons (Fsp3) is 0.700. The smallest absolute Gasteiger partial charge is 0.414 e. The summed E-state index contributed by atoms with van der Waals surface area (Å²) in [6, 6.07) is 0.215. The molecule has 1 rings (SSSR count). The van der Waals surface area contributed by atoms with Crippen LogP contribution in [-0.2, 0) is 14.3 Å². The third-order valence-electron chi connectivity index (χ3n) is 1.95. The maximum Gasteiger partial charge on any atom is 0.414 e. The van der Waals surface area contributed by atoms with Gasteiger partial charge in [0.15, 0.2) is 0 Å². The summed E-state index contributed by atoms with van der Waals surface area (Å²) in [6.07, 6.45) is -0.265. The van der Waals surface area contributed by atoms with Crippen molar-refractivity contribution in [1.29, 1.82) is 0 Å². The molecule has 9 nitrogen and oxygen atoms in total. The quantitative estimate of drug-likeness (QED) is 0.278. The van der Waals surface area contributed by atoms with Crippen molar-refractivity contribution in [3.63, 3.8) is 0 Å². The number of aliphatic carboxylic acids is 2. The number of carbonyl (C=O) groups excluding carboxylic acids is 1. The first-order valence-corrected chi connectivity index (χ1v) is 5.47. The van der Waals surface area contributed by atoms with Crippen LogP contribution in [-0.4, -0.2) is 57.9 Å². The van der Waals surface area contributed by atoms with Crippen molar-refractivity contribution in [3.8, 4) is 0 Å². The number of carbonyl (C=O) groups is 3. The first kappa shape index (κ1) is 17.1. The maximum atomic E-state index is 11.3. The van der Waals surface area contributed by atoms with E-state index in [1.165, 1.54) is 0 Å². The van der Waals surface area contributed by atoms with Gasteiger partial charge in [0.1, 0.15) is 5.60 Å². The number of nitrogens with one attached hydrogen (secondary N) is 1. The van der Waals surface area contributed by atoms with Gasteiger partial charge in [-0.15, -0.1) is 0 Å². The lowest BCUT2D eigenvalue weighted by atomic mass is 10.1. The Kier molecular flexibility index (Phi) is 6.22. The van der Waals surface area contributed by atoms with E-state index in [1.807, 2.05) is 20.8 Å². The van der Waals surface area contributed by atoms with E-state index in [-0.39, 0.29) is 12.1 Å². The number of ether oxygens (including phenoxy) is 1. The minimum atomic E-state index is -1.82. The van der Waals surface area contributed by atoms with Gasteiger partial charge < -0.3 is 19.8 Å². The van der Waals surface area contributed by atoms with Crippen molar-refractivity contribution in [2.45, 2.75) is 32.4 Å². The fourth-order valence-corrected chi connectivity index (χ4v) is 1.06. The van der Waals surface area contributed by atoms with Crippen LogP contribution in [0.25, 0.3) is 0 Å². The summed E-state index contributed by atoms with van der Waals surface area (Å²) < 4.78 is 5.15. The van der Waals surface area contributed by atoms with E-state index in [2.05, 4.69) is 5.43 Å². The highest BCUT2D eigenvalue weighted by atomic mass is 16.6. The van der Waals surface area contributed by atoms with Crippen LogP contribution in [0.4, 0.5) is 4.79 Å². The van der Waals surface area contributed by atoms with Crippen molar-refractivity contribution in [3.05, 3.63) is 0 Å². The van der Waals surface area contributed by atoms with E-state index in [0.29, 0.717) is 13.1 Å². The van der Waals surface area contributed by atoms with Crippen LogP contribution in [0.2, 0.25) is 0 Å². The highest BCUT2D eigenvalue weighted by Crippen LogP contribution is 2.14. The molecule has 0 aromatic heterocycles. The van der Waals surface area contributed by atoms with Crippen molar-refractivity contribution >= 4 is 18.0 Å². The predicted octanol–water partition coefficient (Wildman–Crippen LogP) is -0.775. The van der Waals surface area contributed by atoms with Crippen LogP contribution in [0.5, 0.6) is 0 Å². The van der Waals surface area contributed by atoms with E-state index < -0.39 is 17.5 Å². The van der Waals surface area contributed by atoms with Crippen molar-refractivity contribution in [1.82, 2.24) is 10.3 Å². The Balaban J connectivity index is 0.000000459. The van der Waals surface area contributed by atoms with Gasteiger partial charge >= 0.3 is 18.0 Å². The molecule has 1 aliphatic heterocycles. The summed E-state index contributed by atoms with van der Waals surface area (Å²) in [5.74, 6) is 1.55. The molecule has 0 aliphatic carbocycles. The Morgan fingerprint density at radius 1 is 1.21 bits per heavy atom. The average Bonchev–Trinajstić information content (AvgIpc) is 2.13. The molecule has 1 heterocycles. The highest BCUT2D eigenvalue weighted by molar-refractivity contribution is 6.27. The molecule has 5 N–H and O–H groups in total. The van der Waals surface area contributed by atoms with Gasteiger partial charge in [0, 0.05) is 13.1 Å². The summed E-state index contributed by atoms with van der Waals surface area (Å²) >= 11 is 0. The predicted molar refractivity (Wildman–Crippen MR) is 64.2 cm³/mol. The lowest BCUT2D eigenvalue weighted by Crippen LogP contribution is -2.62. The summed E-state index contributed by atoms with van der Waals surface area (Å²) in [4.78, 5) is 31.2. The number of likely N-dealkylation sites (tertiary alicyclic amines) is 1. The molecular formula is C10H19N3O6. The van der Waals surface area contributed by atoms with Gasteiger partial charge in [0.05, 0.1) is 6.04 Å². The molecule has 0 spiro atoms. The molecule has 9 heteroatoms. The van der Waals surface area contributed by atoms with Gasteiger partial charge in [0.25, 0.3) is 0 Å². The van der Waals surface area contributed by atoms with Crippen LogP contribution in [0.3, 0.4) is 0 Å². The van der Waals surface area contributed by atoms with Crippen LogP contribution >= 0.6 is 0 Å². The van der Waals surface area contributed by atoms with Gasteiger partial charge in [0.2, 0.25) is 0 Å². The zero-order valence-electron chi connectivity index (χ0n) is 11.0. The molecule has 0 aromatic carbocycles. The monoisotopic (exact) mass is 277 g/mol. The van der Waals surface area contributed by atoms with E-state index >= 15 is 0 Å². The minimum absolute atomic E-state index is 0.215. The van der Waals surface area contributed by atoms with Crippen LogP contribution in [0, 0.1) is 0 Å². The molecular weight excluding hydrogens is 258 g/mol. The number of amides is 1. The first-order valence-electron chi connectivity index (χ1n) is 5.47. The summed E-state index contributed by atoms with van der Waals surface area (Å²) in [5.41, 5.74) is 2.18. The molecule has 110 valence electrons. The molecule has 0 aromatic rings. The topological polar surface area (TPSA) is 142 Å². The third kappa shape index (κ3) is 7.21. The molecule has 0 radical (unpaired) electrons. The molecule has 1 fully saturated rings. The van der Waals surface area contributed by atoms with Gasteiger partial charge in [-0.2, -0.15) is 0 Å². The molecule has 19 heavy (non-hydrogen) atoms. The first-order chi connectivity index (χ1) is 8.56. The Morgan fingerprint density at radius 2 is 1.63 bits per heavy atom. The highest BCUT2D eigenvalue weighted by Gasteiger charge is 2.32. The van der Waals surface area contributed by atoms with E-state index in [4.69, 9.17) is 30.4 Å². The number of nitrogens with two attached hydrogens (primary N) is 1. The zero-order chi connectivity index (χ0) is 15.2. The zero-order valence-corrected chi connectivity index (χ0v) is 11.0. The molecule has 0 unspecified atom stereocenters. The Bertz CT molecular complexity index is 334. The van der Waals surface area contributed by atoms with E-state index in [0.717, 1.165) is 0 Å². The Hall–Kier alpha value is -1.87. The van der Waals surface area contributed by atoms with Crippen LogP contribution in [0.15, 0.2) is 0 Å². The summed E-state index contributed by atoms with van der Waals surface area (Å²) in [6.45, 7) is 6.81. The number of hydrogen-bond acceptors (Lipinski definition) is 6. The number of hydrogen-bond donors (Lipinski definition) is 4. The SMILES string of the molecule is CC(C)(C)OC(=O)N1CC(NN)C1.O=C(O)C(=O)O. The molecule has 0 atom stereocenters. The van der Waals surface area contributed by atoms with Gasteiger partial charge in [-0.3, -0.25) is 11.3 Å². The average molecular weight is 277 g/mol. The number of hydrazine groups is 1. The second-order valence-electron chi connectivity index (χ2n) is 4.86. The molecule has 0 bridgehead atoms. The van der Waals surface area contributed by atoms with Crippen molar-refractivity contribution in [2.75, 3.05) is 13.1 Å². The van der Waals surface area contributed by atoms with E-state index in [9.17, 15) is 4.79 Å². The van der Waals surface area contributed by atoms with Crippen molar-refractivity contribution in [2.24, 2.45) is 5.84 Å². The number of rotatable bonds is 1. The third-order valence-corrected chi connectivity index (χ3v) is 1.95. The number of carboxylic acids is 2. The largest absolute Gasteiger partial charge is 0.473 e. The lowest BCUT2D eigenvalue weighted by Gasteiger charge is -2.39. The number of nitrogens with zero attached hydrogens (tertiary/aromatic N) is 1. The second-order valence-corrected chi connectivity index (χ2v) is 4.86. The standard InChI is InChI=1S/C8H17N3O2.C2H2O4/c1-8(2,3)13-7(12)11-4-6(5-11)10-9;3-1(4)2(5)6/h6,10H,4-5,9H2,1-3H3;(H,3,4)(H,5,6). The molecule has 1 amide bonds. The molecule has 1 saturated heterocycles. The molecule has 1 aliphatic rings. The van der Waals surface area contributed by atoms with Gasteiger partial charge in [-0.25, -0.2) is 14.4 Å². The van der Waals surface area contributed by atoms with E-state index in [1.54, 1.807) is 4.90 Å². The summed E-state index contributed by atoms with van der Waals surface area (Å²) in [5, 5.41) is 14.8. The lowest BCUT2D eigenvalue weighted by molar-refractivity contribution is -0.159. The second kappa shape index (κ2) is 6.90. The van der Waals surface area contributed by atoms with Crippen molar-refractivity contribution < 1.29 is 29.3 Å². The van der Waals surface area contributed by atoms with Crippen LogP contribution < -0.4 is 11.3 Å². The Labute approximate surface area is 110 Å². The van der Waals surface area contributed by atoms with Crippen LogP contribution in [0.1, 0.15) is 20.8 Å². The van der Waals surface area contributed by atoms with Gasteiger partial charge in [-0.05, 0) is 20.8 Å². The van der Waals surface area contributed by atoms with Gasteiger partial charge in [-0.1, -0.05) is 0 Å². The minimum Gasteiger partial charge on any atom is -0.473 e. The molecule has 0 saturated carbocycles. The summed E-state index contributed by atoms with van der Waals surface area (Å²) in [7, 11) is 0. The fourth-order valence-electron chi connectivity index (χ4n) is 1.06. The number of carboxylic acid groups (broad SMARTS) is 2.